The first-order valence-electron chi connectivity index (χ1n) is 10.1. The summed E-state index contributed by atoms with van der Waals surface area (Å²) in [4.78, 5) is 30.2. The van der Waals surface area contributed by atoms with E-state index in [2.05, 4.69) is 0 Å². The number of hydrogen-bond donors (Lipinski definition) is 0. The van der Waals surface area contributed by atoms with Crippen LogP contribution in [-0.4, -0.2) is 22.1 Å². The minimum atomic E-state index is -0.395. The van der Waals surface area contributed by atoms with Crippen molar-refractivity contribution in [3.05, 3.63) is 58.3 Å². The van der Waals surface area contributed by atoms with Crippen LogP contribution in [0, 0.1) is 0 Å². The molecule has 0 amide bonds. The molecule has 152 valence electrons. The van der Waals surface area contributed by atoms with E-state index >= 15 is 0 Å². The molecule has 2 aromatic heterocycles. The molecule has 1 aliphatic carbocycles. The molecule has 29 heavy (non-hydrogen) atoms. The lowest BCUT2D eigenvalue weighted by Gasteiger charge is -2.26. The average molecular weight is 413 g/mol. The van der Waals surface area contributed by atoms with Crippen LogP contribution in [0.5, 0.6) is 0 Å². The number of hydrogen-bond acceptors (Lipinski definition) is 6. The molecule has 1 saturated carbocycles. The molecule has 3 aromatic rings. The van der Waals surface area contributed by atoms with Crippen LogP contribution in [0.2, 0.25) is 0 Å². The van der Waals surface area contributed by atoms with E-state index in [1.165, 1.54) is 24.4 Å². The Morgan fingerprint density at radius 2 is 2.03 bits per heavy atom. The number of carbonyl (C=O) groups excluding carboxylic acids is 1. The number of ether oxygens (including phenoxy) is 1. The summed E-state index contributed by atoms with van der Waals surface area (Å²) in [6.45, 7) is 2.08. The van der Waals surface area contributed by atoms with Gasteiger partial charge in [0.25, 0.3) is 5.56 Å². The Kier molecular flexibility index (Phi) is 6.04. The van der Waals surface area contributed by atoms with E-state index in [4.69, 9.17) is 14.1 Å². The lowest BCUT2D eigenvalue weighted by molar-refractivity contribution is 0.0524. The maximum absolute atomic E-state index is 13.3. The standard InChI is InChI=1S/C22H24N2O4S/c1-2-27-21(26)17-12-13-28-19(17)14-29-22-23-18-11-7-6-10-16(18)20(25)24(22)15-8-4-3-5-9-15/h6-7,10-13,15H,2-5,8-9,14H2,1H3. The third kappa shape index (κ3) is 4.10. The molecule has 1 aliphatic rings. The molecule has 1 aromatic carbocycles. The van der Waals surface area contributed by atoms with Crippen molar-refractivity contribution in [2.75, 3.05) is 6.61 Å². The predicted octanol–water partition coefficient (Wildman–Crippen LogP) is 4.96. The normalized spacial score (nSPS) is 14.9. The SMILES string of the molecule is CCOC(=O)c1ccoc1CSc1nc2ccccc2c(=O)n1C1CCCCC1. The molecule has 0 atom stereocenters. The Hall–Kier alpha value is -2.54. The van der Waals surface area contributed by atoms with E-state index in [0.29, 0.717) is 39.7 Å². The zero-order valence-electron chi connectivity index (χ0n) is 16.4. The minimum absolute atomic E-state index is 0.00932. The summed E-state index contributed by atoms with van der Waals surface area (Å²) in [5, 5.41) is 1.32. The summed E-state index contributed by atoms with van der Waals surface area (Å²) in [5.41, 5.74) is 1.12. The van der Waals surface area contributed by atoms with Gasteiger partial charge in [0.05, 0.1) is 29.5 Å². The van der Waals surface area contributed by atoms with Gasteiger partial charge in [-0.2, -0.15) is 0 Å². The number of fused-ring (bicyclic) bond motifs is 1. The van der Waals surface area contributed by atoms with Crippen molar-refractivity contribution < 1.29 is 13.9 Å². The summed E-state index contributed by atoms with van der Waals surface area (Å²) in [6.07, 6.45) is 6.93. The molecule has 0 unspecified atom stereocenters. The van der Waals surface area contributed by atoms with Gasteiger partial charge >= 0.3 is 5.97 Å². The van der Waals surface area contributed by atoms with Crippen LogP contribution in [0.4, 0.5) is 0 Å². The predicted molar refractivity (Wildman–Crippen MR) is 112 cm³/mol. The van der Waals surface area contributed by atoms with E-state index in [1.807, 2.05) is 28.8 Å². The Morgan fingerprint density at radius 1 is 1.24 bits per heavy atom. The van der Waals surface area contributed by atoms with Crippen molar-refractivity contribution in [3.8, 4) is 0 Å². The van der Waals surface area contributed by atoms with Crippen molar-refractivity contribution in [2.24, 2.45) is 0 Å². The van der Waals surface area contributed by atoms with Gasteiger partial charge in [0, 0.05) is 6.04 Å². The van der Waals surface area contributed by atoms with Crippen LogP contribution in [0.25, 0.3) is 10.9 Å². The highest BCUT2D eigenvalue weighted by Gasteiger charge is 2.23. The number of thioether (sulfide) groups is 1. The highest BCUT2D eigenvalue weighted by atomic mass is 32.2. The van der Waals surface area contributed by atoms with Gasteiger partial charge in [-0.3, -0.25) is 9.36 Å². The molecular formula is C22H24N2O4S. The van der Waals surface area contributed by atoms with Crippen LogP contribution in [-0.2, 0) is 10.5 Å². The second-order valence-corrected chi connectivity index (χ2v) is 8.09. The van der Waals surface area contributed by atoms with Crippen LogP contribution < -0.4 is 5.56 Å². The Labute approximate surface area is 173 Å². The van der Waals surface area contributed by atoms with Gasteiger partial charge in [0.15, 0.2) is 5.16 Å². The Bertz CT molecular complexity index is 1070. The van der Waals surface area contributed by atoms with Gasteiger partial charge in [-0.15, -0.1) is 0 Å². The summed E-state index contributed by atoms with van der Waals surface area (Å²) in [7, 11) is 0. The first-order chi connectivity index (χ1) is 14.2. The molecule has 6 nitrogen and oxygen atoms in total. The number of para-hydroxylation sites is 1. The van der Waals surface area contributed by atoms with E-state index < -0.39 is 5.97 Å². The van der Waals surface area contributed by atoms with Crippen molar-refractivity contribution >= 4 is 28.6 Å². The van der Waals surface area contributed by atoms with Gasteiger partial charge in [0.1, 0.15) is 11.3 Å². The van der Waals surface area contributed by atoms with Crippen molar-refractivity contribution in [3.63, 3.8) is 0 Å². The molecule has 4 rings (SSSR count). The Balaban J connectivity index is 1.69. The molecule has 1 fully saturated rings. The lowest BCUT2D eigenvalue weighted by atomic mass is 9.95. The van der Waals surface area contributed by atoms with Crippen LogP contribution in [0.15, 0.2) is 51.0 Å². The van der Waals surface area contributed by atoms with Crippen LogP contribution in [0.3, 0.4) is 0 Å². The maximum atomic E-state index is 13.3. The summed E-state index contributed by atoms with van der Waals surface area (Å²) >= 11 is 1.43. The van der Waals surface area contributed by atoms with E-state index in [1.54, 1.807) is 13.0 Å². The van der Waals surface area contributed by atoms with Crippen LogP contribution in [0.1, 0.15) is 61.2 Å². The average Bonchev–Trinajstić information content (AvgIpc) is 3.22. The zero-order valence-corrected chi connectivity index (χ0v) is 17.2. The van der Waals surface area contributed by atoms with Crippen molar-refractivity contribution in [1.82, 2.24) is 9.55 Å². The maximum Gasteiger partial charge on any atom is 0.341 e. The number of benzene rings is 1. The molecule has 2 heterocycles. The topological polar surface area (TPSA) is 74.3 Å². The summed E-state index contributed by atoms with van der Waals surface area (Å²) in [5.74, 6) is 0.539. The fourth-order valence-electron chi connectivity index (χ4n) is 3.86. The number of nitrogens with zero attached hydrogens (tertiary/aromatic N) is 2. The molecule has 0 radical (unpaired) electrons. The number of carbonyl (C=O) groups is 1. The molecule has 7 heteroatoms. The van der Waals surface area contributed by atoms with E-state index in [9.17, 15) is 9.59 Å². The fraction of sp³-hybridized carbons (Fsp3) is 0.409. The van der Waals surface area contributed by atoms with E-state index in [0.717, 1.165) is 25.7 Å². The molecule has 0 bridgehead atoms. The van der Waals surface area contributed by atoms with E-state index in [-0.39, 0.29) is 11.6 Å². The molecule has 0 saturated heterocycles. The number of esters is 1. The van der Waals surface area contributed by atoms with Gasteiger partial charge in [-0.1, -0.05) is 43.2 Å². The number of aromatic nitrogens is 2. The minimum Gasteiger partial charge on any atom is -0.468 e. The third-order valence-corrected chi connectivity index (χ3v) is 6.24. The fourth-order valence-corrected chi connectivity index (χ4v) is 4.88. The largest absolute Gasteiger partial charge is 0.468 e. The monoisotopic (exact) mass is 412 g/mol. The second-order valence-electron chi connectivity index (χ2n) is 7.15. The van der Waals surface area contributed by atoms with Crippen molar-refractivity contribution in [1.29, 1.82) is 0 Å². The summed E-state index contributed by atoms with van der Waals surface area (Å²) < 4.78 is 12.5. The highest BCUT2D eigenvalue weighted by Crippen LogP contribution is 2.32. The summed E-state index contributed by atoms with van der Waals surface area (Å²) in [6, 6.07) is 9.25. The quantitative estimate of drug-likeness (QED) is 0.323. The molecule has 0 aliphatic heterocycles. The van der Waals surface area contributed by atoms with Gasteiger partial charge in [0.2, 0.25) is 0 Å². The molecular weight excluding hydrogens is 388 g/mol. The smallest absolute Gasteiger partial charge is 0.341 e. The van der Waals surface area contributed by atoms with Gasteiger partial charge in [-0.25, -0.2) is 9.78 Å². The number of rotatable bonds is 6. The van der Waals surface area contributed by atoms with Crippen molar-refractivity contribution in [2.45, 2.75) is 56.0 Å². The Morgan fingerprint density at radius 3 is 2.83 bits per heavy atom. The first kappa shape index (κ1) is 19.8. The first-order valence-corrected chi connectivity index (χ1v) is 11.0. The number of furan rings is 1. The van der Waals surface area contributed by atoms with Gasteiger partial charge in [-0.05, 0) is 38.0 Å². The highest BCUT2D eigenvalue weighted by molar-refractivity contribution is 7.98. The second kappa shape index (κ2) is 8.86. The molecule has 0 spiro atoms. The molecule has 0 N–H and O–H groups in total. The zero-order chi connectivity index (χ0) is 20.2. The van der Waals surface area contributed by atoms with Gasteiger partial charge < -0.3 is 9.15 Å². The van der Waals surface area contributed by atoms with Crippen LogP contribution >= 0.6 is 11.8 Å². The lowest BCUT2D eigenvalue weighted by Crippen LogP contribution is -2.29. The third-order valence-electron chi connectivity index (χ3n) is 5.29.